The quantitative estimate of drug-likeness (QED) is 0.282. The van der Waals surface area contributed by atoms with Crippen molar-refractivity contribution in [2.45, 2.75) is 51.6 Å². The molecular formula is C29H27F3N2O4S. The second kappa shape index (κ2) is 9.98. The minimum atomic E-state index is -4.43. The van der Waals surface area contributed by atoms with Gasteiger partial charge < -0.3 is 14.2 Å². The van der Waals surface area contributed by atoms with Crippen molar-refractivity contribution >= 4 is 22.9 Å². The average Bonchev–Trinajstić information content (AvgIpc) is 3.59. The number of hydrogen-bond acceptors (Lipinski definition) is 7. The number of carbonyl (C=O) groups is 1. The third kappa shape index (κ3) is 5.03. The summed E-state index contributed by atoms with van der Waals surface area (Å²) in [7, 11) is 1.32. The number of nitrogens with zero attached hydrogens (tertiary/aromatic N) is 2. The van der Waals surface area contributed by atoms with Crippen LogP contribution in [0.1, 0.15) is 55.9 Å². The van der Waals surface area contributed by atoms with Crippen molar-refractivity contribution in [1.82, 2.24) is 9.88 Å². The lowest BCUT2D eigenvalue weighted by Crippen LogP contribution is -2.31. The fourth-order valence-electron chi connectivity index (χ4n) is 5.72. The molecule has 3 heterocycles. The second-order valence-electron chi connectivity index (χ2n) is 10.0. The summed E-state index contributed by atoms with van der Waals surface area (Å²) in [6.07, 6.45) is -1.53. The number of aromatic nitrogens is 1. The van der Waals surface area contributed by atoms with Crippen molar-refractivity contribution in [2.75, 3.05) is 20.3 Å². The third-order valence-electron chi connectivity index (χ3n) is 7.53. The summed E-state index contributed by atoms with van der Waals surface area (Å²) < 4.78 is 59.1. The van der Waals surface area contributed by atoms with Gasteiger partial charge in [0.1, 0.15) is 24.2 Å². The lowest BCUT2D eigenvalue weighted by Gasteiger charge is -2.28. The molecule has 3 aromatic rings. The van der Waals surface area contributed by atoms with Crippen molar-refractivity contribution in [3.63, 3.8) is 0 Å². The number of methoxy groups -OCH3 is 1. The van der Waals surface area contributed by atoms with Crippen LogP contribution in [0.4, 0.5) is 13.2 Å². The van der Waals surface area contributed by atoms with E-state index in [4.69, 9.17) is 14.2 Å². The molecule has 0 radical (unpaired) electrons. The molecular weight excluding hydrogens is 529 g/mol. The maximum Gasteiger partial charge on any atom is 0.416 e. The maximum absolute atomic E-state index is 14.1. The number of halogens is 3. The molecule has 10 heteroatoms. The fraction of sp³-hybridized carbons (Fsp3) is 0.379. The summed E-state index contributed by atoms with van der Waals surface area (Å²) >= 11 is 1.62. The van der Waals surface area contributed by atoms with E-state index >= 15 is 0 Å². The number of thiazole rings is 1. The third-order valence-corrected chi connectivity index (χ3v) is 8.53. The number of carbonyl (C=O) groups excluding carboxylic acids is 1. The normalized spacial score (nSPS) is 19.4. The topological polar surface area (TPSA) is 60.9 Å². The molecule has 6 rings (SSSR count). The molecule has 0 saturated carbocycles. The van der Waals surface area contributed by atoms with Crippen LogP contribution in [0.2, 0.25) is 0 Å². The van der Waals surface area contributed by atoms with E-state index < -0.39 is 17.7 Å². The number of hydrogen-bond donors (Lipinski definition) is 0. The Morgan fingerprint density at radius 1 is 1.26 bits per heavy atom. The van der Waals surface area contributed by atoms with Gasteiger partial charge in [0.15, 0.2) is 0 Å². The van der Waals surface area contributed by atoms with Crippen molar-refractivity contribution in [1.29, 1.82) is 0 Å². The fourth-order valence-corrected chi connectivity index (χ4v) is 6.75. The molecule has 1 aromatic heterocycles. The molecule has 2 aliphatic heterocycles. The van der Waals surface area contributed by atoms with Gasteiger partial charge in [-0.05, 0) is 54.7 Å². The van der Waals surface area contributed by atoms with E-state index in [1.807, 2.05) is 13.0 Å². The summed E-state index contributed by atoms with van der Waals surface area (Å²) in [5.74, 6) is 0.707. The molecule has 3 aliphatic rings. The van der Waals surface area contributed by atoms with Gasteiger partial charge in [-0.1, -0.05) is 6.07 Å². The van der Waals surface area contributed by atoms with Crippen molar-refractivity contribution in [3.8, 4) is 11.5 Å². The van der Waals surface area contributed by atoms with Gasteiger partial charge in [-0.3, -0.25) is 4.90 Å². The standard InChI is InChI=1S/C29H27F3N2O4S/c1-16-33-24-9-10-34(14-27(24)39-16)13-22-20-6-8-25(21(20)5-7-23(22)29(30,31)32)38-18-3-4-19-17(11-28(35)36-2)15-37-26(19)12-18/h3-5,7,11-12,25H,6,8-10,13-15H2,1-2H3/b17-11+/t25-/m1/s1. The number of ether oxygens (including phenoxy) is 3. The van der Waals surface area contributed by atoms with Crippen LogP contribution in [0.15, 0.2) is 36.4 Å². The highest BCUT2D eigenvalue weighted by atomic mass is 32.1. The Morgan fingerprint density at radius 3 is 2.90 bits per heavy atom. The lowest BCUT2D eigenvalue weighted by atomic mass is 9.95. The van der Waals surface area contributed by atoms with Crippen LogP contribution >= 0.6 is 11.3 Å². The van der Waals surface area contributed by atoms with Crippen LogP contribution in [-0.4, -0.2) is 36.1 Å². The van der Waals surface area contributed by atoms with Crippen LogP contribution in [0.5, 0.6) is 11.5 Å². The highest BCUT2D eigenvalue weighted by Gasteiger charge is 2.38. The largest absolute Gasteiger partial charge is 0.488 e. The Hall–Kier alpha value is -3.37. The Labute approximate surface area is 228 Å². The number of rotatable bonds is 5. The van der Waals surface area contributed by atoms with Gasteiger partial charge in [-0.2, -0.15) is 13.2 Å². The smallest absolute Gasteiger partial charge is 0.416 e. The van der Waals surface area contributed by atoms with Gasteiger partial charge in [0.25, 0.3) is 0 Å². The molecule has 6 nitrogen and oxygen atoms in total. The van der Waals surface area contributed by atoms with Crippen LogP contribution in [0.3, 0.4) is 0 Å². The molecule has 1 aliphatic carbocycles. The van der Waals surface area contributed by atoms with Gasteiger partial charge in [0, 0.05) is 54.2 Å². The molecule has 204 valence electrons. The molecule has 0 unspecified atom stereocenters. The number of esters is 1. The first-order chi connectivity index (χ1) is 18.7. The zero-order valence-corrected chi connectivity index (χ0v) is 22.4. The number of fused-ring (bicyclic) bond motifs is 3. The lowest BCUT2D eigenvalue weighted by molar-refractivity contribution is -0.138. The molecule has 0 bridgehead atoms. The number of aryl methyl sites for hydroxylation is 1. The maximum atomic E-state index is 14.1. The van der Waals surface area contributed by atoms with Crippen LogP contribution in [0, 0.1) is 6.92 Å². The van der Waals surface area contributed by atoms with Gasteiger partial charge in [0.05, 0.1) is 23.4 Å². The monoisotopic (exact) mass is 556 g/mol. The molecule has 1 atom stereocenters. The molecule has 0 N–H and O–H groups in total. The van der Waals surface area contributed by atoms with Crippen molar-refractivity contribution in [2.24, 2.45) is 0 Å². The Bertz CT molecular complexity index is 1480. The summed E-state index contributed by atoms with van der Waals surface area (Å²) in [6, 6.07) is 8.16. The SMILES string of the molecule is COC(=O)/C=C1\COc2cc(O[C@@H]3CCc4c3ccc(C(F)(F)F)c4CN3CCc4nc(C)sc4C3)ccc21. The summed E-state index contributed by atoms with van der Waals surface area (Å²) in [4.78, 5) is 19.4. The van der Waals surface area contributed by atoms with Gasteiger partial charge >= 0.3 is 12.1 Å². The van der Waals surface area contributed by atoms with Crippen LogP contribution < -0.4 is 9.47 Å². The first kappa shape index (κ1) is 25.9. The molecule has 0 saturated heterocycles. The highest BCUT2D eigenvalue weighted by molar-refractivity contribution is 7.11. The number of alkyl halides is 3. The zero-order valence-electron chi connectivity index (χ0n) is 21.6. The summed E-state index contributed by atoms with van der Waals surface area (Å²) in [5.41, 5.74) is 3.91. The van der Waals surface area contributed by atoms with Crippen molar-refractivity contribution < 1.29 is 32.2 Å². The average molecular weight is 557 g/mol. The molecule has 0 fully saturated rings. The van der Waals surface area contributed by atoms with Gasteiger partial charge in [-0.15, -0.1) is 11.3 Å². The van der Waals surface area contributed by atoms with E-state index in [1.165, 1.54) is 19.3 Å². The molecule has 0 spiro atoms. The van der Waals surface area contributed by atoms with Crippen LogP contribution in [0.25, 0.3) is 5.57 Å². The molecule has 2 aromatic carbocycles. The van der Waals surface area contributed by atoms with Crippen LogP contribution in [-0.2, 0) is 41.6 Å². The number of benzene rings is 2. The Balaban J connectivity index is 1.25. The molecule has 0 amide bonds. The predicted octanol–water partition coefficient (Wildman–Crippen LogP) is 6.04. The Kier molecular flexibility index (Phi) is 6.63. The van der Waals surface area contributed by atoms with Gasteiger partial charge in [0.2, 0.25) is 0 Å². The summed E-state index contributed by atoms with van der Waals surface area (Å²) in [5, 5.41) is 0.992. The second-order valence-corrected chi connectivity index (χ2v) is 11.3. The van der Waals surface area contributed by atoms with E-state index in [-0.39, 0.29) is 19.3 Å². The van der Waals surface area contributed by atoms with E-state index in [9.17, 15) is 18.0 Å². The first-order valence-electron chi connectivity index (χ1n) is 12.8. The first-order valence-corrected chi connectivity index (χ1v) is 13.6. The van der Waals surface area contributed by atoms with E-state index in [0.717, 1.165) is 44.3 Å². The predicted molar refractivity (Wildman–Crippen MR) is 140 cm³/mol. The van der Waals surface area contributed by atoms with E-state index in [1.54, 1.807) is 29.5 Å². The zero-order chi connectivity index (χ0) is 27.3. The highest BCUT2D eigenvalue weighted by Crippen LogP contribution is 2.44. The van der Waals surface area contributed by atoms with E-state index in [0.29, 0.717) is 43.0 Å². The molecule has 39 heavy (non-hydrogen) atoms. The van der Waals surface area contributed by atoms with Crippen molar-refractivity contribution in [3.05, 3.63) is 79.8 Å². The minimum Gasteiger partial charge on any atom is -0.488 e. The minimum absolute atomic E-state index is 0.239. The van der Waals surface area contributed by atoms with Gasteiger partial charge in [-0.25, -0.2) is 9.78 Å². The van der Waals surface area contributed by atoms with E-state index in [2.05, 4.69) is 9.88 Å². The summed E-state index contributed by atoms with van der Waals surface area (Å²) in [6.45, 7) is 3.75. The Morgan fingerprint density at radius 2 is 2.10 bits per heavy atom.